The van der Waals surface area contributed by atoms with Crippen molar-refractivity contribution in [2.24, 2.45) is 11.7 Å². The summed E-state index contributed by atoms with van der Waals surface area (Å²) in [5, 5.41) is 5.48. The zero-order chi connectivity index (χ0) is 15.1. The Balaban J connectivity index is 0.00000400. The first kappa shape index (κ1) is 19.2. The number of carbonyl (C=O) groups excluding carboxylic acids is 2. The molecule has 0 aliphatic heterocycles. The van der Waals surface area contributed by atoms with Crippen LogP contribution in [0, 0.1) is 5.92 Å². The molecule has 7 heteroatoms. The van der Waals surface area contributed by atoms with Crippen molar-refractivity contribution in [1.82, 2.24) is 5.32 Å². The van der Waals surface area contributed by atoms with E-state index in [0.29, 0.717) is 24.5 Å². The summed E-state index contributed by atoms with van der Waals surface area (Å²) in [6.45, 7) is 3.88. The van der Waals surface area contributed by atoms with Crippen LogP contribution in [-0.4, -0.2) is 25.5 Å². The van der Waals surface area contributed by atoms with E-state index in [1.807, 2.05) is 6.07 Å². The Morgan fingerprint density at radius 3 is 2.57 bits per heavy atom. The van der Waals surface area contributed by atoms with Crippen LogP contribution in [0.5, 0.6) is 5.75 Å². The van der Waals surface area contributed by atoms with Crippen molar-refractivity contribution in [3.8, 4) is 5.75 Å². The smallest absolute Gasteiger partial charge is 0.224 e. The molecule has 1 aromatic carbocycles. The molecule has 4 N–H and O–H groups in total. The molecule has 0 bridgehead atoms. The van der Waals surface area contributed by atoms with E-state index < -0.39 is 0 Å². The monoisotopic (exact) mass is 315 g/mol. The summed E-state index contributed by atoms with van der Waals surface area (Å²) in [4.78, 5) is 22.8. The molecular weight excluding hydrogens is 294 g/mol. The fourth-order valence-corrected chi connectivity index (χ4v) is 1.62. The Kier molecular flexibility index (Phi) is 8.42. The molecule has 0 heterocycles. The summed E-state index contributed by atoms with van der Waals surface area (Å²) in [5.74, 6) is 0.0827. The topological polar surface area (TPSA) is 93.4 Å². The minimum Gasteiger partial charge on any atom is -0.495 e. The van der Waals surface area contributed by atoms with Crippen LogP contribution in [0.15, 0.2) is 18.2 Å². The maximum Gasteiger partial charge on any atom is 0.224 e. The maximum atomic E-state index is 11.6. The molecule has 2 amide bonds. The van der Waals surface area contributed by atoms with Crippen LogP contribution in [0.1, 0.15) is 19.4 Å². The van der Waals surface area contributed by atoms with Gasteiger partial charge in [0.2, 0.25) is 11.8 Å². The second-order valence-electron chi connectivity index (χ2n) is 4.57. The third-order valence-electron chi connectivity index (χ3n) is 2.84. The molecule has 0 radical (unpaired) electrons. The fraction of sp³-hybridized carbons (Fsp3) is 0.429. The van der Waals surface area contributed by atoms with Gasteiger partial charge in [0.25, 0.3) is 0 Å². The molecule has 0 fully saturated rings. The van der Waals surface area contributed by atoms with Gasteiger partial charge in [0.1, 0.15) is 5.75 Å². The summed E-state index contributed by atoms with van der Waals surface area (Å²) in [6.07, 6.45) is 0. The second-order valence-corrected chi connectivity index (χ2v) is 4.57. The first-order valence-corrected chi connectivity index (χ1v) is 6.40. The highest BCUT2D eigenvalue weighted by Gasteiger charge is 2.11. The van der Waals surface area contributed by atoms with Gasteiger partial charge >= 0.3 is 0 Å². The van der Waals surface area contributed by atoms with Crippen LogP contribution in [0.3, 0.4) is 0 Å². The molecule has 118 valence electrons. The van der Waals surface area contributed by atoms with E-state index >= 15 is 0 Å². The number of nitrogens with two attached hydrogens (primary N) is 1. The lowest BCUT2D eigenvalue weighted by molar-refractivity contribution is -0.124. The Hall–Kier alpha value is -1.79. The fourth-order valence-electron chi connectivity index (χ4n) is 1.62. The Labute approximate surface area is 130 Å². The molecular formula is C14H22ClN3O3. The summed E-state index contributed by atoms with van der Waals surface area (Å²) >= 11 is 0. The summed E-state index contributed by atoms with van der Waals surface area (Å²) < 4.78 is 5.16. The summed E-state index contributed by atoms with van der Waals surface area (Å²) in [7, 11) is 1.53. The number of amides is 2. The third kappa shape index (κ3) is 6.01. The van der Waals surface area contributed by atoms with Crippen LogP contribution in [0.2, 0.25) is 0 Å². The third-order valence-corrected chi connectivity index (χ3v) is 2.84. The van der Waals surface area contributed by atoms with Crippen LogP contribution in [-0.2, 0) is 16.1 Å². The van der Waals surface area contributed by atoms with Gasteiger partial charge in [-0.2, -0.15) is 0 Å². The highest BCUT2D eigenvalue weighted by Crippen LogP contribution is 2.25. The molecule has 0 aliphatic rings. The first-order chi connectivity index (χ1) is 9.47. The van der Waals surface area contributed by atoms with E-state index in [2.05, 4.69) is 10.6 Å². The zero-order valence-electron chi connectivity index (χ0n) is 12.4. The Morgan fingerprint density at radius 2 is 2.05 bits per heavy atom. The largest absolute Gasteiger partial charge is 0.495 e. The van der Waals surface area contributed by atoms with Crippen molar-refractivity contribution in [3.05, 3.63) is 23.8 Å². The highest BCUT2D eigenvalue weighted by molar-refractivity contribution is 5.90. The standard InChI is InChI=1S/C14H21N3O3.ClH/c1-9(7-15)14(19)16-8-11-4-5-13(20-3)12(6-11)17-10(2)18;/h4-6,9H,7-8,15H2,1-3H3,(H,16,19)(H,17,18);1H. The van der Waals surface area contributed by atoms with Gasteiger partial charge in [-0.05, 0) is 17.7 Å². The normalized spacial score (nSPS) is 11.0. The average Bonchev–Trinajstić information content (AvgIpc) is 2.43. The van der Waals surface area contributed by atoms with Crippen molar-refractivity contribution < 1.29 is 14.3 Å². The van der Waals surface area contributed by atoms with E-state index in [0.717, 1.165) is 5.56 Å². The number of hydrogen-bond donors (Lipinski definition) is 3. The van der Waals surface area contributed by atoms with Crippen LogP contribution in [0.4, 0.5) is 5.69 Å². The highest BCUT2D eigenvalue weighted by atomic mass is 35.5. The number of anilines is 1. The van der Waals surface area contributed by atoms with Crippen molar-refractivity contribution in [2.45, 2.75) is 20.4 Å². The maximum absolute atomic E-state index is 11.6. The summed E-state index contributed by atoms with van der Waals surface area (Å²) in [5.41, 5.74) is 6.88. The van der Waals surface area contributed by atoms with E-state index in [1.165, 1.54) is 14.0 Å². The SMILES string of the molecule is COc1ccc(CNC(=O)C(C)CN)cc1NC(C)=O.Cl. The molecule has 1 atom stereocenters. The lowest BCUT2D eigenvalue weighted by Gasteiger charge is -2.13. The van der Waals surface area contributed by atoms with Crippen molar-refractivity contribution in [1.29, 1.82) is 0 Å². The van der Waals surface area contributed by atoms with Gasteiger partial charge in [0.15, 0.2) is 0 Å². The molecule has 0 spiro atoms. The predicted molar refractivity (Wildman–Crippen MR) is 84.6 cm³/mol. The summed E-state index contributed by atoms with van der Waals surface area (Å²) in [6, 6.07) is 5.35. The van der Waals surface area contributed by atoms with E-state index in [-0.39, 0.29) is 30.1 Å². The minimum atomic E-state index is -0.219. The molecule has 0 aliphatic carbocycles. The minimum absolute atomic E-state index is 0. The number of ether oxygens (including phenoxy) is 1. The van der Waals surface area contributed by atoms with Crippen LogP contribution < -0.4 is 21.1 Å². The van der Waals surface area contributed by atoms with E-state index in [9.17, 15) is 9.59 Å². The van der Waals surface area contributed by atoms with Gasteiger partial charge in [0.05, 0.1) is 12.8 Å². The Bertz CT molecular complexity index is 494. The quantitative estimate of drug-likeness (QED) is 0.737. The lowest BCUT2D eigenvalue weighted by atomic mass is 10.1. The van der Waals surface area contributed by atoms with E-state index in [1.54, 1.807) is 19.1 Å². The first-order valence-electron chi connectivity index (χ1n) is 6.40. The van der Waals surface area contributed by atoms with Gasteiger partial charge in [-0.15, -0.1) is 12.4 Å². The van der Waals surface area contributed by atoms with Crippen LogP contribution in [0.25, 0.3) is 0 Å². The molecule has 6 nitrogen and oxygen atoms in total. The van der Waals surface area contributed by atoms with Gasteiger partial charge in [-0.3, -0.25) is 9.59 Å². The number of carbonyl (C=O) groups is 2. The second kappa shape index (κ2) is 9.20. The number of hydrogen-bond acceptors (Lipinski definition) is 4. The van der Waals surface area contributed by atoms with Gasteiger partial charge in [-0.1, -0.05) is 13.0 Å². The predicted octanol–water partition coefficient (Wildman–Crippen LogP) is 1.29. The molecule has 0 saturated carbocycles. The number of rotatable bonds is 6. The van der Waals surface area contributed by atoms with Crippen molar-refractivity contribution in [3.63, 3.8) is 0 Å². The van der Waals surface area contributed by atoms with Gasteiger partial charge < -0.3 is 21.1 Å². The van der Waals surface area contributed by atoms with Crippen molar-refractivity contribution >= 4 is 29.9 Å². The molecule has 1 unspecified atom stereocenters. The lowest BCUT2D eigenvalue weighted by Crippen LogP contribution is -2.32. The zero-order valence-corrected chi connectivity index (χ0v) is 13.3. The molecule has 21 heavy (non-hydrogen) atoms. The van der Waals surface area contributed by atoms with Gasteiger partial charge in [0, 0.05) is 25.9 Å². The van der Waals surface area contributed by atoms with Gasteiger partial charge in [-0.25, -0.2) is 0 Å². The van der Waals surface area contributed by atoms with Crippen LogP contribution >= 0.6 is 12.4 Å². The molecule has 0 aromatic heterocycles. The Morgan fingerprint density at radius 1 is 1.38 bits per heavy atom. The van der Waals surface area contributed by atoms with E-state index in [4.69, 9.17) is 10.5 Å². The number of halogens is 1. The number of methoxy groups -OCH3 is 1. The average molecular weight is 316 g/mol. The molecule has 0 saturated heterocycles. The number of benzene rings is 1. The molecule has 1 aromatic rings. The number of nitrogens with one attached hydrogen (secondary N) is 2. The van der Waals surface area contributed by atoms with Crippen molar-refractivity contribution in [2.75, 3.05) is 19.0 Å². The molecule has 1 rings (SSSR count).